The van der Waals surface area contributed by atoms with Gasteiger partial charge in [0.2, 0.25) is 0 Å². The van der Waals surface area contributed by atoms with E-state index in [1.54, 1.807) is 0 Å². The minimum Gasteiger partial charge on any atom is -0.480 e. The normalized spacial score (nSPS) is 42.2. The first-order chi connectivity index (χ1) is 7.09. The molecule has 0 spiro atoms. The molecule has 0 aromatic heterocycles. The zero-order valence-electron chi connectivity index (χ0n) is 8.46. The molecule has 2 saturated heterocycles. The van der Waals surface area contributed by atoms with Crippen molar-refractivity contribution in [2.75, 3.05) is 12.3 Å². The van der Waals surface area contributed by atoms with Crippen LogP contribution in [0.15, 0.2) is 0 Å². The van der Waals surface area contributed by atoms with Gasteiger partial charge in [0.1, 0.15) is 6.04 Å². The van der Waals surface area contributed by atoms with Gasteiger partial charge in [-0.1, -0.05) is 0 Å². The molecule has 2 aliphatic rings. The van der Waals surface area contributed by atoms with E-state index in [1.807, 2.05) is 4.90 Å². The summed E-state index contributed by atoms with van der Waals surface area (Å²) < 4.78 is 11.7. The molecule has 2 aliphatic heterocycles. The average Bonchev–Trinajstić information content (AvgIpc) is 2.36. The number of nitrogens with two attached hydrogens (primary N) is 1. The van der Waals surface area contributed by atoms with Crippen molar-refractivity contribution in [2.24, 2.45) is 5.73 Å². The first kappa shape index (κ1) is 11.0. The zero-order chi connectivity index (χ0) is 11.0. The number of rotatable bonds is 1. The van der Waals surface area contributed by atoms with E-state index in [9.17, 15) is 9.00 Å². The van der Waals surface area contributed by atoms with Crippen molar-refractivity contribution >= 4 is 16.8 Å². The van der Waals surface area contributed by atoms with Gasteiger partial charge in [0.05, 0.1) is 11.1 Å². The summed E-state index contributed by atoms with van der Waals surface area (Å²) in [6.45, 7) is 0.563. The van der Waals surface area contributed by atoms with Gasteiger partial charge in [-0.2, -0.15) is 0 Å². The first-order valence-electron chi connectivity index (χ1n) is 5.21. The van der Waals surface area contributed by atoms with Gasteiger partial charge in [0.25, 0.3) is 0 Å². The van der Waals surface area contributed by atoms with Gasteiger partial charge in [0.15, 0.2) is 0 Å². The molecule has 3 N–H and O–H groups in total. The van der Waals surface area contributed by atoms with E-state index in [0.29, 0.717) is 6.54 Å². The molecule has 6 heteroatoms. The molecule has 0 bridgehead atoms. The number of aliphatic carboxylic acids is 1. The molecule has 1 unspecified atom stereocenters. The van der Waals surface area contributed by atoms with E-state index in [4.69, 9.17) is 10.8 Å². The molecule has 2 heterocycles. The van der Waals surface area contributed by atoms with Crippen molar-refractivity contribution < 1.29 is 14.1 Å². The van der Waals surface area contributed by atoms with Gasteiger partial charge in [-0.15, -0.1) is 0 Å². The molecule has 0 saturated carbocycles. The molecular formula is C9H16N2O3S. The lowest BCUT2D eigenvalue weighted by molar-refractivity contribution is -0.142. The Morgan fingerprint density at radius 2 is 2.20 bits per heavy atom. The Labute approximate surface area is 91.1 Å². The number of carbonyl (C=O) groups is 1. The van der Waals surface area contributed by atoms with Crippen molar-refractivity contribution in [3.8, 4) is 0 Å². The Morgan fingerprint density at radius 1 is 1.47 bits per heavy atom. The molecule has 86 valence electrons. The van der Waals surface area contributed by atoms with Crippen molar-refractivity contribution in [1.29, 1.82) is 0 Å². The second kappa shape index (κ2) is 4.19. The lowest BCUT2D eigenvalue weighted by Crippen LogP contribution is -2.46. The molecule has 0 aliphatic carbocycles. The number of carboxylic acids is 1. The Morgan fingerprint density at radius 3 is 2.87 bits per heavy atom. The van der Waals surface area contributed by atoms with E-state index in [1.165, 1.54) is 0 Å². The number of fused-ring (bicyclic) bond motifs is 1. The van der Waals surface area contributed by atoms with Crippen LogP contribution in [0.5, 0.6) is 0 Å². The monoisotopic (exact) mass is 232 g/mol. The summed E-state index contributed by atoms with van der Waals surface area (Å²) in [6, 6.07) is -0.577. The smallest absolute Gasteiger partial charge is 0.321 e. The third-order valence-corrected chi connectivity index (χ3v) is 4.91. The second-order valence-electron chi connectivity index (χ2n) is 4.24. The van der Waals surface area contributed by atoms with Crippen LogP contribution < -0.4 is 5.73 Å². The number of carboxylic acid groups (broad SMARTS) is 1. The third-order valence-electron chi connectivity index (χ3n) is 3.15. The summed E-state index contributed by atoms with van der Waals surface area (Å²) in [5, 5.41) is 8.95. The fourth-order valence-corrected chi connectivity index (χ4v) is 4.22. The van der Waals surface area contributed by atoms with E-state index in [-0.39, 0.29) is 17.2 Å². The third kappa shape index (κ3) is 2.07. The van der Waals surface area contributed by atoms with Crippen LogP contribution in [0, 0.1) is 0 Å². The predicted octanol–water partition coefficient (Wildman–Crippen LogP) is -0.659. The van der Waals surface area contributed by atoms with Crippen molar-refractivity contribution in [2.45, 2.75) is 36.7 Å². The molecule has 0 aromatic carbocycles. The Bertz CT molecular complexity index is 297. The van der Waals surface area contributed by atoms with Gasteiger partial charge in [-0.3, -0.25) is 13.9 Å². The van der Waals surface area contributed by atoms with Crippen LogP contribution >= 0.6 is 0 Å². The molecule has 4 atom stereocenters. The number of hydrogen-bond donors (Lipinski definition) is 2. The first-order valence-corrected chi connectivity index (χ1v) is 6.59. The van der Waals surface area contributed by atoms with Crippen LogP contribution in [0.2, 0.25) is 0 Å². The fourth-order valence-electron chi connectivity index (χ4n) is 2.39. The van der Waals surface area contributed by atoms with Crippen LogP contribution in [0.4, 0.5) is 0 Å². The maximum Gasteiger partial charge on any atom is 0.321 e. The quantitative estimate of drug-likeness (QED) is 0.627. The highest BCUT2D eigenvalue weighted by molar-refractivity contribution is 7.85. The van der Waals surface area contributed by atoms with Crippen LogP contribution in [0.3, 0.4) is 0 Å². The van der Waals surface area contributed by atoms with E-state index in [2.05, 4.69) is 0 Å². The van der Waals surface area contributed by atoms with Gasteiger partial charge in [-0.25, -0.2) is 0 Å². The Kier molecular flexibility index (Phi) is 3.08. The predicted molar refractivity (Wildman–Crippen MR) is 56.8 cm³/mol. The second-order valence-corrected chi connectivity index (χ2v) is 5.88. The maximum absolute atomic E-state index is 11.7. The van der Waals surface area contributed by atoms with Gasteiger partial charge >= 0.3 is 5.97 Å². The molecule has 0 amide bonds. The Balaban J connectivity index is 2.19. The lowest BCUT2D eigenvalue weighted by Gasteiger charge is -2.25. The highest BCUT2D eigenvalue weighted by atomic mass is 32.2. The summed E-state index contributed by atoms with van der Waals surface area (Å²) in [5.41, 5.74) is 5.86. The average molecular weight is 232 g/mol. The molecule has 5 nitrogen and oxygen atoms in total. The molecule has 15 heavy (non-hydrogen) atoms. The summed E-state index contributed by atoms with van der Waals surface area (Å²) in [7, 11) is -1.03. The van der Waals surface area contributed by atoms with Crippen molar-refractivity contribution in [1.82, 2.24) is 4.90 Å². The minimum atomic E-state index is -1.03. The van der Waals surface area contributed by atoms with Crippen LogP contribution in [-0.4, -0.2) is 49.9 Å². The van der Waals surface area contributed by atoms with Crippen LogP contribution in [0.1, 0.15) is 19.3 Å². The van der Waals surface area contributed by atoms with E-state index < -0.39 is 22.8 Å². The van der Waals surface area contributed by atoms with Crippen LogP contribution in [-0.2, 0) is 15.6 Å². The largest absolute Gasteiger partial charge is 0.480 e. The van der Waals surface area contributed by atoms with E-state index in [0.717, 1.165) is 19.3 Å². The summed E-state index contributed by atoms with van der Waals surface area (Å²) in [6.07, 6.45) is 2.65. The topological polar surface area (TPSA) is 83.6 Å². The standard InChI is InChI=1S/C9H16N2O3S/c10-6-2-1-3-8-11(4-6)7(9(12)13)5-15(8)14/h6-8H,1-5,10H2,(H,12,13)/t6-,7-,8+,15?/m0/s1. The lowest BCUT2D eigenvalue weighted by atomic mass is 10.1. The Hall–Kier alpha value is -0.460. The molecule has 2 rings (SSSR count). The number of nitrogens with zero attached hydrogens (tertiary/aromatic N) is 1. The van der Waals surface area contributed by atoms with Crippen molar-refractivity contribution in [3.05, 3.63) is 0 Å². The van der Waals surface area contributed by atoms with Gasteiger partial charge in [0, 0.05) is 23.4 Å². The summed E-state index contributed by atoms with van der Waals surface area (Å²) in [4.78, 5) is 12.8. The molecule has 0 radical (unpaired) electrons. The zero-order valence-corrected chi connectivity index (χ0v) is 9.28. The highest BCUT2D eigenvalue weighted by Crippen LogP contribution is 2.27. The van der Waals surface area contributed by atoms with E-state index >= 15 is 0 Å². The molecule has 0 aromatic rings. The molecule has 2 fully saturated rings. The van der Waals surface area contributed by atoms with Crippen LogP contribution in [0.25, 0.3) is 0 Å². The SMILES string of the molecule is N[C@H]1CCC[C@@H]2N(C1)[C@H](C(=O)O)CS2=O. The fraction of sp³-hybridized carbons (Fsp3) is 0.889. The maximum atomic E-state index is 11.7. The van der Waals surface area contributed by atoms with Gasteiger partial charge < -0.3 is 10.8 Å². The summed E-state index contributed by atoms with van der Waals surface area (Å²) >= 11 is 0. The highest BCUT2D eigenvalue weighted by Gasteiger charge is 2.44. The molecular weight excluding hydrogens is 216 g/mol. The minimum absolute atomic E-state index is 0.0203. The summed E-state index contributed by atoms with van der Waals surface area (Å²) in [5.74, 6) is -0.618. The van der Waals surface area contributed by atoms with Gasteiger partial charge in [-0.05, 0) is 19.3 Å². The van der Waals surface area contributed by atoms with Crippen molar-refractivity contribution in [3.63, 3.8) is 0 Å². The number of hydrogen-bond acceptors (Lipinski definition) is 4.